The summed E-state index contributed by atoms with van der Waals surface area (Å²) in [4.78, 5) is 4.32. The van der Waals surface area contributed by atoms with Gasteiger partial charge in [0.2, 0.25) is 11.7 Å². The summed E-state index contributed by atoms with van der Waals surface area (Å²) in [7, 11) is 0. The molecule has 0 aliphatic heterocycles. The first-order chi connectivity index (χ1) is 11.1. The van der Waals surface area contributed by atoms with Gasteiger partial charge >= 0.3 is 0 Å². The zero-order chi connectivity index (χ0) is 16.2. The Morgan fingerprint density at radius 2 is 1.96 bits per heavy atom. The van der Waals surface area contributed by atoms with Crippen molar-refractivity contribution < 1.29 is 8.91 Å². The summed E-state index contributed by atoms with van der Waals surface area (Å²) in [5.74, 6) is 0.623. The molecule has 0 aliphatic rings. The quantitative estimate of drug-likeness (QED) is 0.775. The van der Waals surface area contributed by atoms with E-state index >= 15 is 0 Å². The molecule has 0 saturated carbocycles. The number of nitrogens with zero attached hydrogens (tertiary/aromatic N) is 2. The van der Waals surface area contributed by atoms with Crippen LogP contribution in [0.5, 0.6) is 0 Å². The van der Waals surface area contributed by atoms with Crippen LogP contribution in [0.15, 0.2) is 53.1 Å². The highest BCUT2D eigenvalue weighted by molar-refractivity contribution is 6.30. The van der Waals surface area contributed by atoms with Crippen molar-refractivity contribution in [2.45, 2.75) is 18.9 Å². The van der Waals surface area contributed by atoms with Crippen LogP contribution in [0.4, 0.5) is 4.39 Å². The van der Waals surface area contributed by atoms with Crippen LogP contribution in [-0.4, -0.2) is 16.2 Å². The van der Waals surface area contributed by atoms with Gasteiger partial charge in [0.25, 0.3) is 0 Å². The minimum atomic E-state index is -0.306. The molecule has 23 heavy (non-hydrogen) atoms. The van der Waals surface area contributed by atoms with Crippen LogP contribution < -0.4 is 5.73 Å². The zero-order valence-corrected chi connectivity index (χ0v) is 13.0. The second kappa shape index (κ2) is 6.89. The highest BCUT2D eigenvalue weighted by Gasteiger charge is 2.14. The molecule has 3 rings (SSSR count). The molecule has 0 unspecified atom stereocenters. The molecule has 4 nitrogen and oxygen atoms in total. The predicted molar refractivity (Wildman–Crippen MR) is 86.5 cm³/mol. The third-order valence-corrected chi connectivity index (χ3v) is 3.66. The van der Waals surface area contributed by atoms with E-state index in [-0.39, 0.29) is 11.9 Å². The Morgan fingerprint density at radius 1 is 1.13 bits per heavy atom. The van der Waals surface area contributed by atoms with Crippen LogP contribution >= 0.6 is 11.6 Å². The van der Waals surface area contributed by atoms with Crippen LogP contribution in [0.3, 0.4) is 0 Å². The maximum absolute atomic E-state index is 13.6. The van der Waals surface area contributed by atoms with Crippen molar-refractivity contribution in [1.29, 1.82) is 0 Å². The van der Waals surface area contributed by atoms with E-state index in [0.717, 1.165) is 5.56 Å². The largest absolute Gasteiger partial charge is 0.339 e. The lowest BCUT2D eigenvalue weighted by atomic mass is 10.0. The molecule has 0 fully saturated rings. The average molecular weight is 332 g/mol. The molecule has 6 heteroatoms. The molecule has 3 aromatic rings. The maximum Gasteiger partial charge on any atom is 0.228 e. The van der Waals surface area contributed by atoms with E-state index in [1.54, 1.807) is 30.3 Å². The van der Waals surface area contributed by atoms with Crippen molar-refractivity contribution in [1.82, 2.24) is 10.1 Å². The van der Waals surface area contributed by atoms with E-state index in [1.165, 1.54) is 6.07 Å². The second-order valence-corrected chi connectivity index (χ2v) is 5.72. The Bertz CT molecular complexity index is 806. The number of hydrogen-bond acceptors (Lipinski definition) is 4. The van der Waals surface area contributed by atoms with Crippen molar-refractivity contribution in [3.63, 3.8) is 0 Å². The van der Waals surface area contributed by atoms with Crippen LogP contribution in [0.1, 0.15) is 11.5 Å². The minimum Gasteiger partial charge on any atom is -0.339 e. The van der Waals surface area contributed by atoms with Crippen molar-refractivity contribution in [2.24, 2.45) is 5.73 Å². The molecule has 2 aromatic carbocycles. The SMILES string of the molecule is N[C@@H](Cc1nc(-c2cccc(Cl)c2)no1)Cc1ccccc1F. The van der Waals surface area contributed by atoms with Gasteiger partial charge in [0.05, 0.1) is 0 Å². The van der Waals surface area contributed by atoms with Crippen molar-refractivity contribution in [3.8, 4) is 11.4 Å². The molecule has 0 aliphatic carbocycles. The monoisotopic (exact) mass is 331 g/mol. The molecule has 118 valence electrons. The smallest absolute Gasteiger partial charge is 0.228 e. The molecule has 1 aromatic heterocycles. The predicted octanol–water partition coefficient (Wildman–Crippen LogP) is 3.64. The molecular weight excluding hydrogens is 317 g/mol. The summed E-state index contributed by atoms with van der Waals surface area (Å²) in [5.41, 5.74) is 7.41. The number of benzene rings is 2. The molecule has 2 N–H and O–H groups in total. The first-order valence-corrected chi connectivity index (χ1v) is 7.57. The van der Waals surface area contributed by atoms with Gasteiger partial charge in [0.15, 0.2) is 0 Å². The minimum absolute atomic E-state index is 0.256. The van der Waals surface area contributed by atoms with Gasteiger partial charge in [0, 0.05) is 23.0 Å². The number of hydrogen-bond donors (Lipinski definition) is 1. The maximum atomic E-state index is 13.6. The van der Waals surface area contributed by atoms with Gasteiger partial charge in [0.1, 0.15) is 5.82 Å². The topological polar surface area (TPSA) is 64.9 Å². The van der Waals surface area contributed by atoms with E-state index < -0.39 is 0 Å². The summed E-state index contributed by atoms with van der Waals surface area (Å²) >= 11 is 5.95. The van der Waals surface area contributed by atoms with E-state index in [4.69, 9.17) is 21.9 Å². The molecule has 0 radical (unpaired) electrons. The Labute approximate surface area is 138 Å². The lowest BCUT2D eigenvalue weighted by molar-refractivity contribution is 0.368. The van der Waals surface area contributed by atoms with Gasteiger partial charge in [-0.15, -0.1) is 0 Å². The summed E-state index contributed by atoms with van der Waals surface area (Å²) in [6.45, 7) is 0. The number of aromatic nitrogens is 2. The Hall–Kier alpha value is -2.24. The standard InChI is InChI=1S/C17H15ClFN3O/c18-13-6-3-5-12(8-13)17-21-16(23-22-17)10-14(20)9-11-4-1-2-7-15(11)19/h1-8,14H,9-10,20H2/t14-/m1/s1. The molecular formula is C17H15ClFN3O. The summed E-state index contributed by atoms with van der Waals surface area (Å²) < 4.78 is 18.9. The molecule has 1 atom stereocenters. The van der Waals surface area contributed by atoms with Crippen LogP contribution in [0.25, 0.3) is 11.4 Å². The highest BCUT2D eigenvalue weighted by atomic mass is 35.5. The summed E-state index contributed by atoms with van der Waals surface area (Å²) in [6, 6.07) is 13.5. The number of halogens is 2. The third kappa shape index (κ3) is 3.94. The van der Waals surface area contributed by atoms with Gasteiger partial charge in [-0.2, -0.15) is 4.98 Å². The fraction of sp³-hybridized carbons (Fsp3) is 0.176. The number of rotatable bonds is 5. The second-order valence-electron chi connectivity index (χ2n) is 5.28. The van der Waals surface area contributed by atoms with E-state index in [0.29, 0.717) is 35.1 Å². The molecule has 1 heterocycles. The van der Waals surface area contributed by atoms with Gasteiger partial charge in [-0.05, 0) is 30.2 Å². The van der Waals surface area contributed by atoms with E-state index in [1.807, 2.05) is 12.1 Å². The van der Waals surface area contributed by atoms with Crippen molar-refractivity contribution in [2.75, 3.05) is 0 Å². The normalized spacial score (nSPS) is 12.3. The Kier molecular flexibility index (Phi) is 4.69. The van der Waals surface area contributed by atoms with E-state index in [2.05, 4.69) is 10.1 Å². The lowest BCUT2D eigenvalue weighted by Crippen LogP contribution is -2.26. The van der Waals surface area contributed by atoms with Crippen LogP contribution in [0, 0.1) is 5.82 Å². The van der Waals surface area contributed by atoms with Crippen molar-refractivity contribution in [3.05, 3.63) is 70.8 Å². The van der Waals surface area contributed by atoms with Gasteiger partial charge in [-0.1, -0.05) is 47.1 Å². The molecule has 0 saturated heterocycles. The van der Waals surface area contributed by atoms with Gasteiger partial charge in [-0.25, -0.2) is 4.39 Å². The van der Waals surface area contributed by atoms with Gasteiger partial charge < -0.3 is 10.3 Å². The van der Waals surface area contributed by atoms with E-state index in [9.17, 15) is 4.39 Å². The Morgan fingerprint density at radius 3 is 2.74 bits per heavy atom. The average Bonchev–Trinajstić information content (AvgIpc) is 2.98. The lowest BCUT2D eigenvalue weighted by Gasteiger charge is -2.09. The number of nitrogens with two attached hydrogens (primary N) is 1. The molecule has 0 bridgehead atoms. The van der Waals surface area contributed by atoms with Gasteiger partial charge in [-0.3, -0.25) is 0 Å². The summed E-state index contributed by atoms with van der Waals surface area (Å²) in [6.07, 6.45) is 0.781. The molecule has 0 amide bonds. The van der Waals surface area contributed by atoms with Crippen LogP contribution in [-0.2, 0) is 12.8 Å². The zero-order valence-electron chi connectivity index (χ0n) is 12.2. The first-order valence-electron chi connectivity index (χ1n) is 7.19. The highest BCUT2D eigenvalue weighted by Crippen LogP contribution is 2.20. The van der Waals surface area contributed by atoms with Crippen molar-refractivity contribution >= 4 is 11.6 Å². The summed E-state index contributed by atoms with van der Waals surface area (Å²) in [5, 5.41) is 4.53. The fourth-order valence-electron chi connectivity index (χ4n) is 2.33. The fourth-order valence-corrected chi connectivity index (χ4v) is 2.52. The third-order valence-electron chi connectivity index (χ3n) is 3.43. The Balaban J connectivity index is 1.68. The molecule has 0 spiro atoms. The van der Waals surface area contributed by atoms with Crippen LogP contribution in [0.2, 0.25) is 5.02 Å². The first kappa shape index (κ1) is 15.6.